The van der Waals surface area contributed by atoms with Gasteiger partial charge in [0.05, 0.1) is 17.6 Å². The van der Waals surface area contributed by atoms with Crippen molar-refractivity contribution in [2.24, 2.45) is 0 Å². The summed E-state index contributed by atoms with van der Waals surface area (Å²) < 4.78 is 53.7. The highest BCUT2D eigenvalue weighted by atomic mass is 32.1. The van der Waals surface area contributed by atoms with Gasteiger partial charge in [-0.15, -0.1) is 11.3 Å². The van der Waals surface area contributed by atoms with Crippen LogP contribution in [0.5, 0.6) is 11.5 Å². The summed E-state index contributed by atoms with van der Waals surface area (Å²) in [6, 6.07) is 11.8. The maximum absolute atomic E-state index is 14.7. The Balaban J connectivity index is 1.92. The third kappa shape index (κ3) is 3.97. The number of rotatable bonds is 5. The van der Waals surface area contributed by atoms with Crippen LogP contribution in [-0.2, 0) is 4.79 Å². The van der Waals surface area contributed by atoms with E-state index in [1.165, 1.54) is 38.3 Å². The minimum Gasteiger partial charge on any atom is -0.497 e. The molecule has 0 N–H and O–H groups in total. The average molecular weight is 456 g/mol. The molecular formula is C24H15F3O4S. The summed E-state index contributed by atoms with van der Waals surface area (Å²) in [6.45, 7) is 1.25. The summed E-state index contributed by atoms with van der Waals surface area (Å²) in [6.07, 6.45) is 0. The second kappa shape index (κ2) is 8.47. The number of ether oxygens (including phenoxy) is 2. The van der Waals surface area contributed by atoms with Crippen LogP contribution in [0, 0.1) is 17.5 Å². The third-order valence-electron chi connectivity index (χ3n) is 4.74. The molecule has 32 heavy (non-hydrogen) atoms. The summed E-state index contributed by atoms with van der Waals surface area (Å²) in [4.78, 5) is 24.5. The fourth-order valence-electron chi connectivity index (χ4n) is 3.36. The standard InChI is InChI=1S/C24H15F3O4S/c1-12(28)31-15-5-3-13(4-6-15)23(29)24-21(22-18(26)9-14(25)10-19(22)27)17-8-7-16(30-2)11-20(17)32-24/h3-11H,1-2H3. The van der Waals surface area contributed by atoms with Gasteiger partial charge in [-0.25, -0.2) is 13.2 Å². The van der Waals surface area contributed by atoms with Crippen LogP contribution in [0.1, 0.15) is 22.2 Å². The smallest absolute Gasteiger partial charge is 0.308 e. The SMILES string of the molecule is COc1ccc2c(-c3c(F)cc(F)cc3F)c(C(=O)c3ccc(OC(C)=O)cc3)sc2c1. The van der Waals surface area contributed by atoms with E-state index in [9.17, 15) is 22.8 Å². The van der Waals surface area contributed by atoms with Gasteiger partial charge in [0.1, 0.15) is 29.0 Å². The second-order valence-corrected chi connectivity index (χ2v) is 7.91. The van der Waals surface area contributed by atoms with E-state index in [1.54, 1.807) is 18.2 Å². The van der Waals surface area contributed by atoms with Crippen molar-refractivity contribution in [1.82, 2.24) is 0 Å². The largest absolute Gasteiger partial charge is 0.497 e. The molecule has 0 bridgehead atoms. The number of hydrogen-bond donors (Lipinski definition) is 0. The number of hydrogen-bond acceptors (Lipinski definition) is 5. The van der Waals surface area contributed by atoms with E-state index in [0.717, 1.165) is 11.3 Å². The minimum absolute atomic E-state index is 0.0386. The van der Waals surface area contributed by atoms with Gasteiger partial charge in [-0.3, -0.25) is 9.59 Å². The lowest BCUT2D eigenvalue weighted by Gasteiger charge is -2.09. The highest BCUT2D eigenvalue weighted by Gasteiger charge is 2.26. The second-order valence-electron chi connectivity index (χ2n) is 6.86. The van der Waals surface area contributed by atoms with Crippen LogP contribution in [0.25, 0.3) is 21.2 Å². The molecule has 1 aromatic heterocycles. The molecule has 0 aliphatic carbocycles. The molecule has 0 radical (unpaired) electrons. The van der Waals surface area contributed by atoms with Gasteiger partial charge in [0, 0.05) is 40.3 Å². The molecule has 0 saturated carbocycles. The van der Waals surface area contributed by atoms with Gasteiger partial charge in [-0.1, -0.05) is 0 Å². The number of halogens is 3. The molecule has 4 nitrogen and oxygen atoms in total. The number of ketones is 1. The first kappa shape index (κ1) is 21.6. The summed E-state index contributed by atoms with van der Waals surface area (Å²) in [7, 11) is 1.48. The molecule has 3 aromatic carbocycles. The molecule has 0 aliphatic rings. The summed E-state index contributed by atoms with van der Waals surface area (Å²) in [5, 5.41) is 0.431. The fraction of sp³-hybridized carbons (Fsp3) is 0.0833. The maximum Gasteiger partial charge on any atom is 0.308 e. The monoisotopic (exact) mass is 456 g/mol. The predicted molar refractivity (Wildman–Crippen MR) is 115 cm³/mol. The Labute approximate surface area is 184 Å². The number of methoxy groups -OCH3 is 1. The highest BCUT2D eigenvalue weighted by Crippen LogP contribution is 2.43. The number of thiophene rings is 1. The Bertz CT molecular complexity index is 1340. The van der Waals surface area contributed by atoms with Crippen molar-refractivity contribution < 1.29 is 32.2 Å². The third-order valence-corrected chi connectivity index (χ3v) is 5.89. The Morgan fingerprint density at radius 1 is 0.844 bits per heavy atom. The molecule has 0 saturated heterocycles. The number of benzene rings is 3. The number of carbonyl (C=O) groups excluding carboxylic acids is 2. The van der Waals surface area contributed by atoms with Gasteiger partial charge in [-0.05, 0) is 42.5 Å². The normalized spacial score (nSPS) is 10.9. The Morgan fingerprint density at radius 2 is 1.47 bits per heavy atom. The predicted octanol–water partition coefficient (Wildman–Crippen LogP) is 6.15. The molecule has 8 heteroatoms. The molecular weight excluding hydrogens is 441 g/mol. The first-order chi connectivity index (χ1) is 15.3. The van der Waals surface area contributed by atoms with E-state index in [2.05, 4.69) is 0 Å². The molecule has 0 spiro atoms. The highest BCUT2D eigenvalue weighted by molar-refractivity contribution is 7.21. The van der Waals surface area contributed by atoms with Gasteiger partial charge in [0.2, 0.25) is 5.78 Å². The number of fused-ring (bicyclic) bond motifs is 1. The molecule has 0 aliphatic heterocycles. The summed E-state index contributed by atoms with van der Waals surface area (Å²) in [5.74, 6) is -3.51. The molecule has 4 rings (SSSR count). The Hall–Kier alpha value is -3.65. The van der Waals surface area contributed by atoms with Gasteiger partial charge < -0.3 is 9.47 Å². The fourth-order valence-corrected chi connectivity index (χ4v) is 4.56. The zero-order valence-electron chi connectivity index (χ0n) is 16.9. The maximum atomic E-state index is 14.7. The molecule has 0 fully saturated rings. The van der Waals surface area contributed by atoms with Crippen molar-refractivity contribution in [3.05, 3.63) is 82.5 Å². The van der Waals surface area contributed by atoms with E-state index in [1.807, 2.05) is 0 Å². The van der Waals surface area contributed by atoms with E-state index in [-0.39, 0.29) is 21.8 Å². The lowest BCUT2D eigenvalue weighted by Crippen LogP contribution is -2.04. The van der Waals surface area contributed by atoms with Crippen LogP contribution < -0.4 is 9.47 Å². The Morgan fingerprint density at radius 3 is 2.06 bits per heavy atom. The van der Waals surface area contributed by atoms with Crippen molar-refractivity contribution in [2.45, 2.75) is 6.92 Å². The lowest BCUT2D eigenvalue weighted by atomic mass is 9.97. The van der Waals surface area contributed by atoms with E-state index >= 15 is 0 Å². The van der Waals surface area contributed by atoms with Crippen molar-refractivity contribution in [3.63, 3.8) is 0 Å². The molecule has 0 unspecified atom stereocenters. The van der Waals surface area contributed by atoms with E-state index in [0.29, 0.717) is 28.0 Å². The molecule has 1 heterocycles. The topological polar surface area (TPSA) is 52.6 Å². The zero-order chi connectivity index (χ0) is 23.0. The average Bonchev–Trinajstić information content (AvgIpc) is 3.11. The van der Waals surface area contributed by atoms with Gasteiger partial charge in [-0.2, -0.15) is 0 Å². The van der Waals surface area contributed by atoms with Crippen molar-refractivity contribution in [1.29, 1.82) is 0 Å². The quantitative estimate of drug-likeness (QED) is 0.205. The van der Waals surface area contributed by atoms with Crippen LogP contribution in [0.4, 0.5) is 13.2 Å². The zero-order valence-corrected chi connectivity index (χ0v) is 17.7. The van der Waals surface area contributed by atoms with E-state index < -0.39 is 34.8 Å². The van der Waals surface area contributed by atoms with Crippen LogP contribution in [-0.4, -0.2) is 18.9 Å². The van der Waals surface area contributed by atoms with Crippen molar-refractivity contribution in [3.8, 4) is 22.6 Å². The van der Waals surface area contributed by atoms with Crippen LogP contribution >= 0.6 is 11.3 Å². The van der Waals surface area contributed by atoms with Crippen molar-refractivity contribution in [2.75, 3.05) is 7.11 Å². The number of esters is 1. The summed E-state index contributed by atoms with van der Waals surface area (Å²) in [5.41, 5.74) is -0.219. The number of carbonyl (C=O) groups is 2. The first-order valence-electron chi connectivity index (χ1n) is 9.37. The molecule has 0 atom stereocenters. The van der Waals surface area contributed by atoms with Gasteiger partial charge in [0.15, 0.2) is 0 Å². The Kier molecular flexibility index (Phi) is 5.71. The van der Waals surface area contributed by atoms with E-state index in [4.69, 9.17) is 9.47 Å². The lowest BCUT2D eigenvalue weighted by molar-refractivity contribution is -0.131. The van der Waals surface area contributed by atoms with Gasteiger partial charge in [0.25, 0.3) is 0 Å². The minimum atomic E-state index is -1.11. The molecule has 0 amide bonds. The molecule has 162 valence electrons. The first-order valence-corrected chi connectivity index (χ1v) is 10.2. The van der Waals surface area contributed by atoms with Crippen LogP contribution in [0.15, 0.2) is 54.6 Å². The summed E-state index contributed by atoms with van der Waals surface area (Å²) >= 11 is 1.05. The van der Waals surface area contributed by atoms with Crippen molar-refractivity contribution >= 4 is 33.2 Å². The van der Waals surface area contributed by atoms with Crippen LogP contribution in [0.3, 0.4) is 0 Å². The molecule has 4 aromatic rings. The van der Waals surface area contributed by atoms with Gasteiger partial charge >= 0.3 is 5.97 Å². The van der Waals surface area contributed by atoms with Crippen LogP contribution in [0.2, 0.25) is 0 Å².